The number of H-pyrrole nitrogens is 1. The van der Waals surface area contributed by atoms with Crippen molar-refractivity contribution < 1.29 is 24.6 Å². The molecule has 2 atom stereocenters. The van der Waals surface area contributed by atoms with Crippen molar-refractivity contribution in [2.24, 2.45) is 5.73 Å². The lowest BCUT2D eigenvalue weighted by Crippen LogP contribution is -2.40. The number of alkyl halides is 1. The molecule has 2 aromatic rings. The first kappa shape index (κ1) is 21.9. The van der Waals surface area contributed by atoms with Gasteiger partial charge in [0.1, 0.15) is 17.5 Å². The summed E-state index contributed by atoms with van der Waals surface area (Å²) >= 11 is 6.12. The molecule has 0 spiro atoms. The molecule has 1 aliphatic rings. The standard InChI is InChI=1S/C20H25ClN4O5/c1-10(26)25-9-11(8-21)17-12-6-14(23-18(12)16(27)7-15(17)25)19(28)24-13(20(29)30)4-2-3-5-22/h6-7,11,13,23,27H,2-5,8-9,22H2,1H3,(H,24,28)(H,29,30)/t11?,13-/m0/s1. The number of carbonyl (C=O) groups is 3. The summed E-state index contributed by atoms with van der Waals surface area (Å²) in [6.45, 7) is 2.28. The van der Waals surface area contributed by atoms with Crippen LogP contribution >= 0.6 is 11.6 Å². The summed E-state index contributed by atoms with van der Waals surface area (Å²) in [4.78, 5) is 40.6. The van der Waals surface area contributed by atoms with Crippen LogP contribution in [0.25, 0.3) is 10.9 Å². The molecule has 10 heteroatoms. The lowest BCUT2D eigenvalue weighted by atomic mass is 9.98. The summed E-state index contributed by atoms with van der Waals surface area (Å²) in [5.41, 5.74) is 7.24. The molecule has 162 valence electrons. The van der Waals surface area contributed by atoms with Crippen molar-refractivity contribution in [1.29, 1.82) is 0 Å². The van der Waals surface area contributed by atoms with Crippen LogP contribution in [0.5, 0.6) is 5.75 Å². The van der Waals surface area contributed by atoms with Gasteiger partial charge in [0.2, 0.25) is 5.91 Å². The zero-order valence-corrected chi connectivity index (χ0v) is 17.3. The second kappa shape index (κ2) is 8.93. The highest BCUT2D eigenvalue weighted by Gasteiger charge is 2.34. The average molecular weight is 437 g/mol. The number of hydrogen-bond acceptors (Lipinski definition) is 5. The Balaban J connectivity index is 1.95. The molecule has 2 heterocycles. The summed E-state index contributed by atoms with van der Waals surface area (Å²) in [5, 5.41) is 22.9. The highest BCUT2D eigenvalue weighted by Crippen LogP contribution is 2.45. The lowest BCUT2D eigenvalue weighted by Gasteiger charge is -2.15. The van der Waals surface area contributed by atoms with Crippen LogP contribution in [0.3, 0.4) is 0 Å². The van der Waals surface area contributed by atoms with Crippen LogP contribution in [0, 0.1) is 0 Å². The highest BCUT2D eigenvalue weighted by atomic mass is 35.5. The highest BCUT2D eigenvalue weighted by molar-refractivity contribution is 6.19. The van der Waals surface area contributed by atoms with Crippen LogP contribution < -0.4 is 16.0 Å². The van der Waals surface area contributed by atoms with E-state index in [1.54, 1.807) is 11.0 Å². The number of phenols is 1. The second-order valence-electron chi connectivity index (χ2n) is 7.43. The first-order valence-corrected chi connectivity index (χ1v) is 10.3. The van der Waals surface area contributed by atoms with Crippen molar-refractivity contribution in [2.75, 3.05) is 23.9 Å². The summed E-state index contributed by atoms with van der Waals surface area (Å²) in [5.74, 6) is -1.88. The Labute approximate surface area is 178 Å². The van der Waals surface area contributed by atoms with Gasteiger partial charge in [-0.25, -0.2) is 4.79 Å². The fraction of sp³-hybridized carbons (Fsp3) is 0.450. The van der Waals surface area contributed by atoms with E-state index in [1.165, 1.54) is 13.0 Å². The third-order valence-corrected chi connectivity index (χ3v) is 5.75. The molecule has 1 aromatic carbocycles. The minimum atomic E-state index is -1.13. The van der Waals surface area contributed by atoms with Gasteiger partial charge in [0.05, 0.1) is 11.2 Å². The van der Waals surface area contributed by atoms with E-state index in [2.05, 4.69) is 10.3 Å². The van der Waals surface area contributed by atoms with E-state index >= 15 is 0 Å². The Morgan fingerprint density at radius 3 is 2.70 bits per heavy atom. The van der Waals surface area contributed by atoms with Crippen LogP contribution in [-0.4, -0.2) is 58.0 Å². The van der Waals surface area contributed by atoms with Crippen LogP contribution in [-0.2, 0) is 9.59 Å². The predicted molar refractivity (Wildman–Crippen MR) is 113 cm³/mol. The number of aromatic hydroxyl groups is 1. The van der Waals surface area contributed by atoms with Gasteiger partial charge in [-0.2, -0.15) is 0 Å². The predicted octanol–water partition coefficient (Wildman–Crippen LogP) is 1.87. The molecule has 1 aliphatic heterocycles. The maximum atomic E-state index is 12.7. The smallest absolute Gasteiger partial charge is 0.326 e. The molecule has 2 amide bonds. The number of aromatic nitrogens is 1. The van der Waals surface area contributed by atoms with Crippen LogP contribution in [0.1, 0.15) is 48.2 Å². The number of carboxylic acids is 1. The number of phenolic OH excluding ortho intramolecular Hbond substituents is 1. The quantitative estimate of drug-likeness (QED) is 0.315. The summed E-state index contributed by atoms with van der Waals surface area (Å²) in [7, 11) is 0. The van der Waals surface area contributed by atoms with E-state index in [0.717, 1.165) is 5.56 Å². The molecule has 9 nitrogen and oxygen atoms in total. The van der Waals surface area contributed by atoms with Crippen molar-refractivity contribution >= 4 is 46.0 Å². The fourth-order valence-corrected chi connectivity index (χ4v) is 4.13. The SMILES string of the molecule is CC(=O)N1CC(CCl)c2c1cc(O)c1[nH]c(C(=O)N[C@@H](CCCCN)C(=O)O)cc21. The number of aliphatic carboxylic acids is 1. The van der Waals surface area contributed by atoms with Crippen LogP contribution in [0.4, 0.5) is 5.69 Å². The van der Waals surface area contributed by atoms with Crippen molar-refractivity contribution in [3.63, 3.8) is 0 Å². The van der Waals surface area contributed by atoms with E-state index in [-0.39, 0.29) is 35.6 Å². The van der Waals surface area contributed by atoms with Crippen LogP contribution in [0.15, 0.2) is 12.1 Å². The molecule has 0 saturated heterocycles. The van der Waals surface area contributed by atoms with Gasteiger partial charge in [0, 0.05) is 36.7 Å². The Bertz CT molecular complexity index is 989. The first-order valence-electron chi connectivity index (χ1n) is 9.74. The van der Waals surface area contributed by atoms with Gasteiger partial charge in [0.25, 0.3) is 5.91 Å². The van der Waals surface area contributed by atoms with Crippen molar-refractivity contribution in [2.45, 2.75) is 38.1 Å². The molecule has 0 aliphatic carbocycles. The van der Waals surface area contributed by atoms with Crippen molar-refractivity contribution in [3.8, 4) is 5.75 Å². The van der Waals surface area contributed by atoms with Gasteiger partial charge in [0.15, 0.2) is 0 Å². The second-order valence-corrected chi connectivity index (χ2v) is 7.74. The van der Waals surface area contributed by atoms with Gasteiger partial charge in [-0.3, -0.25) is 9.59 Å². The van der Waals surface area contributed by atoms with E-state index in [9.17, 15) is 24.6 Å². The summed E-state index contributed by atoms with van der Waals surface area (Å²) < 4.78 is 0. The Kier molecular flexibility index (Phi) is 6.52. The monoisotopic (exact) mass is 436 g/mol. The van der Waals surface area contributed by atoms with Crippen LogP contribution in [0.2, 0.25) is 0 Å². The van der Waals surface area contributed by atoms with Gasteiger partial charge in [-0.15, -0.1) is 11.6 Å². The minimum absolute atomic E-state index is 0.109. The topological polar surface area (TPSA) is 149 Å². The number of amides is 2. The van der Waals surface area contributed by atoms with E-state index in [0.29, 0.717) is 42.5 Å². The largest absolute Gasteiger partial charge is 0.506 e. The molecule has 30 heavy (non-hydrogen) atoms. The molecule has 6 N–H and O–H groups in total. The molecule has 0 bridgehead atoms. The average Bonchev–Trinajstić information content (AvgIpc) is 3.29. The molecule has 1 unspecified atom stereocenters. The summed E-state index contributed by atoms with van der Waals surface area (Å²) in [6.07, 6.45) is 1.51. The number of aromatic amines is 1. The first-order chi connectivity index (χ1) is 14.3. The lowest BCUT2D eigenvalue weighted by molar-refractivity contribution is -0.139. The third kappa shape index (κ3) is 4.08. The Morgan fingerprint density at radius 2 is 2.10 bits per heavy atom. The van der Waals surface area contributed by atoms with Gasteiger partial charge in [-0.05, 0) is 37.4 Å². The number of carbonyl (C=O) groups excluding carboxylic acids is 2. The van der Waals surface area contributed by atoms with Crippen molar-refractivity contribution in [3.05, 3.63) is 23.4 Å². The van der Waals surface area contributed by atoms with Gasteiger partial charge in [-0.1, -0.05) is 0 Å². The molecule has 0 fully saturated rings. The molecule has 0 radical (unpaired) electrons. The van der Waals surface area contributed by atoms with Gasteiger partial charge < -0.3 is 31.1 Å². The van der Waals surface area contributed by atoms with Crippen molar-refractivity contribution in [1.82, 2.24) is 10.3 Å². The number of hydrogen-bond donors (Lipinski definition) is 5. The summed E-state index contributed by atoms with van der Waals surface area (Å²) in [6, 6.07) is 2.00. The number of nitrogens with zero attached hydrogens (tertiary/aromatic N) is 1. The Morgan fingerprint density at radius 1 is 1.37 bits per heavy atom. The fourth-order valence-electron chi connectivity index (χ4n) is 3.88. The number of benzene rings is 1. The maximum absolute atomic E-state index is 12.7. The van der Waals surface area contributed by atoms with E-state index in [1.807, 2.05) is 0 Å². The number of rotatable bonds is 8. The Hall–Kier alpha value is -2.78. The number of halogens is 1. The number of unbranched alkanes of at least 4 members (excludes halogenated alkanes) is 1. The number of anilines is 1. The van der Waals surface area contributed by atoms with E-state index < -0.39 is 17.9 Å². The zero-order valence-electron chi connectivity index (χ0n) is 16.6. The number of carboxylic acid groups (broad SMARTS) is 1. The minimum Gasteiger partial charge on any atom is -0.506 e. The number of fused-ring (bicyclic) bond motifs is 3. The molecular weight excluding hydrogens is 412 g/mol. The molecular formula is C20H25ClN4O5. The maximum Gasteiger partial charge on any atom is 0.326 e. The van der Waals surface area contributed by atoms with Gasteiger partial charge >= 0.3 is 5.97 Å². The normalized spacial score (nSPS) is 16.5. The zero-order chi connectivity index (χ0) is 22.0. The number of nitrogens with one attached hydrogen (secondary N) is 2. The number of nitrogens with two attached hydrogens (primary N) is 1. The third-order valence-electron chi connectivity index (χ3n) is 5.38. The molecule has 3 rings (SSSR count). The van der Waals surface area contributed by atoms with E-state index in [4.69, 9.17) is 17.3 Å². The molecule has 1 aromatic heterocycles. The molecule has 0 saturated carbocycles.